The van der Waals surface area contributed by atoms with Gasteiger partial charge >= 0.3 is 0 Å². The molecule has 0 bridgehead atoms. The first kappa shape index (κ1) is 14.0. The Bertz CT molecular complexity index is 361. The van der Waals surface area contributed by atoms with E-state index in [1.165, 1.54) is 5.56 Å². The minimum absolute atomic E-state index is 0.114. The summed E-state index contributed by atoms with van der Waals surface area (Å²) in [5.74, 6) is 1.83. The Labute approximate surface area is 104 Å². The van der Waals surface area contributed by atoms with Crippen molar-refractivity contribution in [3.63, 3.8) is 0 Å². The van der Waals surface area contributed by atoms with Gasteiger partial charge in [0.15, 0.2) is 0 Å². The van der Waals surface area contributed by atoms with Crippen molar-refractivity contribution in [1.82, 2.24) is 5.32 Å². The molecule has 0 amide bonds. The summed E-state index contributed by atoms with van der Waals surface area (Å²) in [6, 6.07) is 2.05. The van der Waals surface area contributed by atoms with Gasteiger partial charge in [0.2, 0.25) is 0 Å². The quantitative estimate of drug-likeness (QED) is 0.609. The molecule has 1 aromatic rings. The number of hydrogen-bond donors (Lipinski definition) is 1. The van der Waals surface area contributed by atoms with Gasteiger partial charge in [0, 0.05) is 17.6 Å². The van der Waals surface area contributed by atoms with Crippen molar-refractivity contribution in [3.8, 4) is 0 Å². The lowest BCUT2D eigenvalue weighted by atomic mass is 10.1. The third kappa shape index (κ3) is 5.20. The molecule has 0 fully saturated rings. The first-order valence-corrected chi connectivity index (χ1v) is 5.94. The number of ether oxygens (including phenoxy) is 1. The molecule has 0 saturated heterocycles. The number of rotatable bonds is 6. The normalized spacial score (nSPS) is 11.8. The summed E-state index contributed by atoms with van der Waals surface area (Å²) in [5.41, 5.74) is 1.31. The first-order chi connectivity index (χ1) is 7.92. The lowest BCUT2D eigenvalue weighted by Gasteiger charge is -2.20. The predicted octanol–water partition coefficient (Wildman–Crippen LogP) is 3.18. The highest BCUT2D eigenvalue weighted by Crippen LogP contribution is 2.16. The third-order valence-electron chi connectivity index (χ3n) is 2.36. The zero-order chi connectivity index (χ0) is 12.9. The molecule has 0 aliphatic heterocycles. The van der Waals surface area contributed by atoms with Gasteiger partial charge in [0.05, 0.1) is 6.61 Å². The fourth-order valence-electron chi connectivity index (χ4n) is 1.44. The van der Waals surface area contributed by atoms with E-state index in [0.717, 1.165) is 18.1 Å². The molecule has 0 aromatic carbocycles. The summed E-state index contributed by atoms with van der Waals surface area (Å²) in [6.07, 6.45) is 1.73. The molecule has 0 atom stereocenters. The Hall–Kier alpha value is -1.06. The molecule has 1 heterocycles. The Kier molecular flexibility index (Phi) is 4.97. The maximum absolute atomic E-state index is 5.63. The minimum atomic E-state index is 0.114. The molecule has 1 rings (SSSR count). The van der Waals surface area contributed by atoms with Crippen molar-refractivity contribution < 1.29 is 9.15 Å². The van der Waals surface area contributed by atoms with Crippen LogP contribution in [0.15, 0.2) is 23.1 Å². The van der Waals surface area contributed by atoms with Crippen molar-refractivity contribution in [3.05, 3.63) is 35.8 Å². The molecular weight excluding hydrogens is 214 g/mol. The summed E-state index contributed by atoms with van der Waals surface area (Å²) in [4.78, 5) is 0. The van der Waals surface area contributed by atoms with E-state index < -0.39 is 0 Å². The van der Waals surface area contributed by atoms with Crippen LogP contribution in [0.1, 0.15) is 37.9 Å². The van der Waals surface area contributed by atoms with Crippen LogP contribution in [0.25, 0.3) is 0 Å². The number of nitrogens with one attached hydrogen (secondary N) is 1. The molecule has 1 N–H and O–H groups in total. The predicted molar refractivity (Wildman–Crippen MR) is 69.9 cm³/mol. The maximum Gasteiger partial charge on any atom is 0.130 e. The van der Waals surface area contributed by atoms with Crippen molar-refractivity contribution in [2.45, 2.75) is 46.4 Å². The van der Waals surface area contributed by atoms with Gasteiger partial charge in [0.1, 0.15) is 18.1 Å². The van der Waals surface area contributed by atoms with Crippen LogP contribution >= 0.6 is 0 Å². The van der Waals surface area contributed by atoms with Crippen LogP contribution in [0.3, 0.4) is 0 Å². The van der Waals surface area contributed by atoms with Gasteiger partial charge in [-0.1, -0.05) is 6.08 Å². The second-order valence-corrected chi connectivity index (χ2v) is 5.20. The SMILES string of the molecule is C=CCOCc1cc(CNC(C)(C)C)c(C)o1. The topological polar surface area (TPSA) is 34.4 Å². The lowest BCUT2D eigenvalue weighted by Crippen LogP contribution is -2.35. The fourth-order valence-corrected chi connectivity index (χ4v) is 1.44. The Morgan fingerprint density at radius 1 is 1.47 bits per heavy atom. The maximum atomic E-state index is 5.63. The third-order valence-corrected chi connectivity index (χ3v) is 2.36. The van der Waals surface area contributed by atoms with Gasteiger partial charge in [-0.25, -0.2) is 0 Å². The van der Waals surface area contributed by atoms with Crippen LogP contribution in [-0.4, -0.2) is 12.1 Å². The molecular formula is C14H23NO2. The van der Waals surface area contributed by atoms with Gasteiger partial charge in [0.25, 0.3) is 0 Å². The standard InChI is InChI=1S/C14H23NO2/c1-6-7-16-10-13-8-12(11(2)17-13)9-15-14(3,4)5/h6,8,15H,1,7,9-10H2,2-5H3. The van der Waals surface area contributed by atoms with Gasteiger partial charge < -0.3 is 14.5 Å². The number of furan rings is 1. The molecule has 96 valence electrons. The molecule has 3 nitrogen and oxygen atoms in total. The zero-order valence-corrected chi connectivity index (χ0v) is 11.3. The summed E-state index contributed by atoms with van der Waals surface area (Å²) in [6.45, 7) is 13.9. The Balaban J connectivity index is 2.53. The van der Waals surface area contributed by atoms with Crippen molar-refractivity contribution >= 4 is 0 Å². The van der Waals surface area contributed by atoms with Crippen molar-refractivity contribution in [2.75, 3.05) is 6.61 Å². The van der Waals surface area contributed by atoms with Gasteiger partial charge in [-0.2, -0.15) is 0 Å². The minimum Gasteiger partial charge on any atom is -0.464 e. The van der Waals surface area contributed by atoms with E-state index in [1.807, 2.05) is 6.92 Å². The largest absolute Gasteiger partial charge is 0.464 e. The van der Waals surface area contributed by atoms with Crippen molar-refractivity contribution in [1.29, 1.82) is 0 Å². The van der Waals surface area contributed by atoms with Gasteiger partial charge in [-0.3, -0.25) is 0 Å². The van der Waals surface area contributed by atoms with Crippen LogP contribution in [0.4, 0.5) is 0 Å². The van der Waals surface area contributed by atoms with E-state index in [9.17, 15) is 0 Å². The molecule has 1 aromatic heterocycles. The van der Waals surface area contributed by atoms with Crippen LogP contribution in [0, 0.1) is 6.92 Å². The number of hydrogen-bond acceptors (Lipinski definition) is 3. The average molecular weight is 237 g/mol. The van der Waals surface area contributed by atoms with Gasteiger partial charge in [-0.15, -0.1) is 6.58 Å². The molecule has 17 heavy (non-hydrogen) atoms. The lowest BCUT2D eigenvalue weighted by molar-refractivity contribution is 0.131. The van der Waals surface area contributed by atoms with E-state index in [1.54, 1.807) is 6.08 Å². The van der Waals surface area contributed by atoms with E-state index >= 15 is 0 Å². The summed E-state index contributed by atoms with van der Waals surface area (Å²) in [5, 5.41) is 3.44. The molecule has 0 unspecified atom stereocenters. The molecule has 0 aliphatic carbocycles. The van der Waals surface area contributed by atoms with Crippen LogP contribution in [0.2, 0.25) is 0 Å². The molecule has 0 spiro atoms. The van der Waals surface area contributed by atoms with E-state index in [2.05, 4.69) is 38.7 Å². The fraction of sp³-hybridized carbons (Fsp3) is 0.571. The van der Waals surface area contributed by atoms with Crippen molar-refractivity contribution in [2.24, 2.45) is 0 Å². The van der Waals surface area contributed by atoms with Gasteiger partial charge in [-0.05, 0) is 33.8 Å². The van der Waals surface area contributed by atoms with Crippen LogP contribution in [0.5, 0.6) is 0 Å². The molecule has 0 radical (unpaired) electrons. The monoisotopic (exact) mass is 237 g/mol. The zero-order valence-electron chi connectivity index (χ0n) is 11.3. The highest BCUT2D eigenvalue weighted by atomic mass is 16.5. The summed E-state index contributed by atoms with van der Waals surface area (Å²) >= 11 is 0. The molecule has 0 saturated carbocycles. The van der Waals surface area contributed by atoms with E-state index in [0.29, 0.717) is 13.2 Å². The summed E-state index contributed by atoms with van der Waals surface area (Å²) < 4.78 is 11.0. The smallest absolute Gasteiger partial charge is 0.130 e. The van der Waals surface area contributed by atoms with Crippen LogP contribution < -0.4 is 5.32 Å². The second kappa shape index (κ2) is 6.03. The molecule has 3 heteroatoms. The highest BCUT2D eigenvalue weighted by Gasteiger charge is 2.12. The molecule has 0 aliphatic rings. The Morgan fingerprint density at radius 3 is 2.76 bits per heavy atom. The highest BCUT2D eigenvalue weighted by molar-refractivity contribution is 5.20. The average Bonchev–Trinajstić information content (AvgIpc) is 2.56. The first-order valence-electron chi connectivity index (χ1n) is 5.94. The summed E-state index contributed by atoms with van der Waals surface area (Å²) in [7, 11) is 0. The van der Waals surface area contributed by atoms with E-state index in [4.69, 9.17) is 9.15 Å². The Morgan fingerprint density at radius 2 is 2.18 bits per heavy atom. The number of aryl methyl sites for hydroxylation is 1. The van der Waals surface area contributed by atoms with Crippen LogP contribution in [-0.2, 0) is 17.9 Å². The van der Waals surface area contributed by atoms with E-state index in [-0.39, 0.29) is 5.54 Å². The second-order valence-electron chi connectivity index (χ2n) is 5.20.